The van der Waals surface area contributed by atoms with Gasteiger partial charge in [-0.15, -0.1) is 0 Å². The Hall–Kier alpha value is -1.89. The van der Waals surface area contributed by atoms with Gasteiger partial charge in [0, 0.05) is 6.42 Å². The molecule has 0 unspecified atom stereocenters. The lowest BCUT2D eigenvalue weighted by molar-refractivity contribution is 0.398. The molecule has 0 aromatic heterocycles. The van der Waals surface area contributed by atoms with Crippen LogP contribution in [-0.2, 0) is 0 Å². The maximum absolute atomic E-state index is 12.9. The third-order valence-electron chi connectivity index (χ3n) is 1.94. The Morgan fingerprint density at radius 3 is 2.53 bits per heavy atom. The smallest absolute Gasteiger partial charge is 0.159 e. The van der Waals surface area contributed by atoms with E-state index in [0.717, 1.165) is 12.1 Å². The van der Waals surface area contributed by atoms with Crippen LogP contribution in [0.1, 0.15) is 18.9 Å². The molecule has 0 aliphatic carbocycles. The number of nitrogens with zero attached hydrogens (tertiary/aromatic N) is 1. The minimum atomic E-state index is -1.04. The van der Waals surface area contributed by atoms with Gasteiger partial charge in [0.15, 0.2) is 11.6 Å². The topological polar surface area (TPSA) is 44.0 Å². The number of benzene rings is 1. The highest BCUT2D eigenvalue weighted by molar-refractivity contribution is 5.78. The van der Waals surface area contributed by atoms with Gasteiger partial charge in [0.2, 0.25) is 0 Å². The minimum Gasteiger partial charge on any atom is -0.511 e. The van der Waals surface area contributed by atoms with Gasteiger partial charge >= 0.3 is 0 Å². The number of hydrogen-bond donors (Lipinski definition) is 1. The molecule has 0 radical (unpaired) electrons. The number of rotatable bonds is 2. The predicted octanol–water partition coefficient (Wildman–Crippen LogP) is 3.17. The summed E-state index contributed by atoms with van der Waals surface area (Å²) in [5.41, 5.74) is 0.146. The molecule has 0 fully saturated rings. The fourth-order valence-corrected chi connectivity index (χ4v) is 1.12. The Morgan fingerprint density at radius 1 is 1.40 bits per heavy atom. The maximum Gasteiger partial charge on any atom is 0.159 e. The van der Waals surface area contributed by atoms with Crippen molar-refractivity contribution in [2.45, 2.75) is 13.3 Å². The van der Waals surface area contributed by atoms with Gasteiger partial charge in [0.25, 0.3) is 0 Å². The first-order valence-electron chi connectivity index (χ1n) is 4.37. The second kappa shape index (κ2) is 4.56. The Morgan fingerprint density at radius 2 is 2.07 bits per heavy atom. The van der Waals surface area contributed by atoms with Crippen LogP contribution in [0.2, 0.25) is 0 Å². The highest BCUT2D eigenvalue weighted by atomic mass is 19.2. The number of hydrogen-bond acceptors (Lipinski definition) is 2. The van der Waals surface area contributed by atoms with Crippen LogP contribution in [0.4, 0.5) is 8.78 Å². The van der Waals surface area contributed by atoms with E-state index in [0.29, 0.717) is 0 Å². The van der Waals surface area contributed by atoms with Crippen LogP contribution in [0.3, 0.4) is 0 Å². The predicted molar refractivity (Wildman–Crippen MR) is 51.8 cm³/mol. The second-order valence-corrected chi connectivity index (χ2v) is 2.92. The number of allylic oxidation sites excluding steroid dienone is 2. The van der Waals surface area contributed by atoms with E-state index in [1.807, 2.05) is 0 Å². The summed E-state index contributed by atoms with van der Waals surface area (Å²) in [6.45, 7) is 1.66. The van der Waals surface area contributed by atoms with Crippen molar-refractivity contribution < 1.29 is 13.9 Å². The molecule has 0 saturated heterocycles. The molecule has 1 rings (SSSR count). The summed E-state index contributed by atoms with van der Waals surface area (Å²) in [4.78, 5) is 0. The highest BCUT2D eigenvalue weighted by Gasteiger charge is 2.09. The summed E-state index contributed by atoms with van der Waals surface area (Å²) >= 11 is 0. The molecule has 0 atom stereocenters. The van der Waals surface area contributed by atoms with E-state index in [1.54, 1.807) is 13.0 Å². The van der Waals surface area contributed by atoms with Gasteiger partial charge in [0.1, 0.15) is 11.8 Å². The van der Waals surface area contributed by atoms with E-state index in [1.165, 1.54) is 6.07 Å². The zero-order chi connectivity index (χ0) is 11.4. The molecule has 4 heteroatoms. The molecule has 0 heterocycles. The zero-order valence-corrected chi connectivity index (χ0v) is 8.09. The molecule has 0 saturated carbocycles. The molecule has 0 bridgehead atoms. The summed E-state index contributed by atoms with van der Waals surface area (Å²) in [5.74, 6) is -2.15. The third kappa shape index (κ3) is 2.32. The van der Waals surface area contributed by atoms with Gasteiger partial charge in [-0.1, -0.05) is 13.0 Å². The van der Waals surface area contributed by atoms with E-state index < -0.39 is 11.6 Å². The van der Waals surface area contributed by atoms with Crippen LogP contribution >= 0.6 is 0 Å². The van der Waals surface area contributed by atoms with E-state index in [4.69, 9.17) is 5.26 Å². The van der Waals surface area contributed by atoms with Crippen molar-refractivity contribution in [3.63, 3.8) is 0 Å². The Balaban J connectivity index is 3.28. The van der Waals surface area contributed by atoms with Crippen molar-refractivity contribution in [3.05, 3.63) is 41.2 Å². The molecule has 0 spiro atoms. The largest absolute Gasteiger partial charge is 0.511 e. The third-order valence-corrected chi connectivity index (χ3v) is 1.94. The molecule has 78 valence electrons. The van der Waals surface area contributed by atoms with Crippen molar-refractivity contribution in [1.29, 1.82) is 5.26 Å². The lowest BCUT2D eigenvalue weighted by Gasteiger charge is -2.02. The fraction of sp³-hybridized carbons (Fsp3) is 0.182. The standard InChI is InChI=1S/C11H9F2NO/c1-2-11(15)8(6-14)7-3-4-9(12)10(13)5-7/h3-5,15H,2H2,1H3. The summed E-state index contributed by atoms with van der Waals surface area (Å²) < 4.78 is 25.5. The summed E-state index contributed by atoms with van der Waals surface area (Å²) in [5, 5.41) is 18.1. The summed E-state index contributed by atoms with van der Waals surface area (Å²) in [6.07, 6.45) is 0.266. The Bertz CT molecular complexity index is 446. The number of aliphatic hydroxyl groups is 1. The van der Waals surface area contributed by atoms with Gasteiger partial charge in [0.05, 0.1) is 5.57 Å². The van der Waals surface area contributed by atoms with Gasteiger partial charge in [-0.3, -0.25) is 0 Å². The first kappa shape index (κ1) is 11.2. The van der Waals surface area contributed by atoms with Crippen LogP contribution in [-0.4, -0.2) is 5.11 Å². The Kier molecular flexibility index (Phi) is 3.40. The average Bonchev–Trinajstić information content (AvgIpc) is 2.24. The van der Waals surface area contributed by atoms with Gasteiger partial charge < -0.3 is 5.11 Å². The van der Waals surface area contributed by atoms with Crippen molar-refractivity contribution in [2.75, 3.05) is 0 Å². The van der Waals surface area contributed by atoms with Crippen molar-refractivity contribution in [2.24, 2.45) is 0 Å². The molecule has 1 N–H and O–H groups in total. The summed E-state index contributed by atoms with van der Waals surface area (Å²) in [6, 6.07) is 4.82. The van der Waals surface area contributed by atoms with Crippen LogP contribution in [0, 0.1) is 23.0 Å². The molecular weight excluding hydrogens is 200 g/mol. The maximum atomic E-state index is 12.9. The van der Waals surface area contributed by atoms with Gasteiger partial charge in [-0.25, -0.2) is 8.78 Å². The van der Waals surface area contributed by atoms with E-state index >= 15 is 0 Å². The van der Waals surface area contributed by atoms with Gasteiger partial charge in [-0.2, -0.15) is 5.26 Å². The summed E-state index contributed by atoms with van der Waals surface area (Å²) in [7, 11) is 0. The van der Waals surface area contributed by atoms with Crippen LogP contribution in [0.15, 0.2) is 24.0 Å². The average molecular weight is 209 g/mol. The van der Waals surface area contributed by atoms with Crippen molar-refractivity contribution in [1.82, 2.24) is 0 Å². The fourth-order valence-electron chi connectivity index (χ4n) is 1.12. The zero-order valence-electron chi connectivity index (χ0n) is 8.09. The molecule has 15 heavy (non-hydrogen) atoms. The number of aliphatic hydroxyl groups excluding tert-OH is 1. The quantitative estimate of drug-likeness (QED) is 0.600. The second-order valence-electron chi connectivity index (χ2n) is 2.92. The molecule has 0 aliphatic rings. The van der Waals surface area contributed by atoms with Crippen LogP contribution in [0.25, 0.3) is 5.57 Å². The first-order chi connectivity index (χ1) is 7.10. The number of halogens is 2. The molecule has 2 nitrogen and oxygen atoms in total. The molecule has 1 aromatic carbocycles. The normalized spacial score (nSPS) is 11.9. The van der Waals surface area contributed by atoms with Gasteiger partial charge in [-0.05, 0) is 17.7 Å². The highest BCUT2D eigenvalue weighted by Crippen LogP contribution is 2.20. The lowest BCUT2D eigenvalue weighted by atomic mass is 10.0. The van der Waals surface area contributed by atoms with E-state index in [9.17, 15) is 13.9 Å². The lowest BCUT2D eigenvalue weighted by Crippen LogP contribution is -1.92. The molecule has 1 aromatic rings. The van der Waals surface area contributed by atoms with E-state index in [-0.39, 0.29) is 23.3 Å². The van der Waals surface area contributed by atoms with E-state index in [2.05, 4.69) is 0 Å². The number of nitriles is 1. The minimum absolute atomic E-state index is 0.0311. The molecule has 0 amide bonds. The van der Waals surface area contributed by atoms with Crippen LogP contribution < -0.4 is 0 Å². The monoisotopic (exact) mass is 209 g/mol. The van der Waals surface area contributed by atoms with Crippen molar-refractivity contribution in [3.8, 4) is 6.07 Å². The first-order valence-corrected chi connectivity index (χ1v) is 4.37. The molecular formula is C11H9F2NO. The van der Waals surface area contributed by atoms with Crippen molar-refractivity contribution >= 4 is 5.57 Å². The molecule has 0 aliphatic heterocycles. The SMILES string of the molecule is CCC(O)=C(C#N)c1ccc(F)c(F)c1. The Labute approximate surface area is 86.1 Å². The van der Waals surface area contributed by atoms with Crippen LogP contribution in [0.5, 0.6) is 0 Å².